The Bertz CT molecular complexity index is 777. The van der Waals surface area contributed by atoms with Gasteiger partial charge in [-0.3, -0.25) is 0 Å². The van der Waals surface area contributed by atoms with Crippen LogP contribution in [0, 0.1) is 6.92 Å². The Kier molecular flexibility index (Phi) is 7.16. The summed E-state index contributed by atoms with van der Waals surface area (Å²) in [6.07, 6.45) is 0.895. The molecule has 2 aromatic carbocycles. The van der Waals surface area contributed by atoms with Crippen LogP contribution in [0.1, 0.15) is 41.8 Å². The first-order chi connectivity index (χ1) is 12.5. The van der Waals surface area contributed by atoms with Crippen LogP contribution in [-0.2, 0) is 6.54 Å². The van der Waals surface area contributed by atoms with E-state index >= 15 is 0 Å². The smallest absolute Gasteiger partial charge is 0.336 e. The molecule has 2 N–H and O–H groups in total. The fraction of sp³-hybridized carbons (Fsp3) is 0.350. The molecule has 26 heavy (non-hydrogen) atoms. The van der Waals surface area contributed by atoms with Gasteiger partial charge in [0.1, 0.15) is 0 Å². The molecule has 0 saturated carbocycles. The number of carboxylic acid groups (broad SMARTS) is 1. The zero-order chi connectivity index (χ0) is 19.1. The van der Waals surface area contributed by atoms with Crippen LogP contribution >= 0.6 is 11.6 Å². The largest absolute Gasteiger partial charge is 0.490 e. The fourth-order valence-electron chi connectivity index (χ4n) is 2.56. The van der Waals surface area contributed by atoms with Crippen molar-refractivity contribution < 1.29 is 19.4 Å². The van der Waals surface area contributed by atoms with Crippen molar-refractivity contribution in [3.05, 3.63) is 52.0 Å². The van der Waals surface area contributed by atoms with Gasteiger partial charge in [0.05, 0.1) is 18.8 Å². The third-order valence-electron chi connectivity index (χ3n) is 3.91. The lowest BCUT2D eigenvalue weighted by atomic mass is 10.1. The maximum absolute atomic E-state index is 11.3. The first-order valence-corrected chi connectivity index (χ1v) is 9.00. The summed E-state index contributed by atoms with van der Waals surface area (Å²) >= 11 is 6.40. The molecule has 0 bridgehead atoms. The molecule has 0 saturated heterocycles. The number of carbonyl (C=O) groups is 1. The topological polar surface area (TPSA) is 67.8 Å². The van der Waals surface area contributed by atoms with Crippen molar-refractivity contribution in [2.75, 3.05) is 18.5 Å². The molecule has 0 radical (unpaired) electrons. The van der Waals surface area contributed by atoms with Gasteiger partial charge in [0, 0.05) is 23.3 Å². The van der Waals surface area contributed by atoms with E-state index in [1.807, 2.05) is 26.0 Å². The van der Waals surface area contributed by atoms with E-state index in [1.54, 1.807) is 25.1 Å². The molecule has 6 heteroatoms. The Balaban J connectivity index is 2.23. The minimum absolute atomic E-state index is 0.277. The van der Waals surface area contributed by atoms with Crippen LogP contribution in [0.15, 0.2) is 30.3 Å². The Morgan fingerprint density at radius 2 is 1.92 bits per heavy atom. The van der Waals surface area contributed by atoms with Gasteiger partial charge in [0.15, 0.2) is 11.5 Å². The standard InChI is InChI=1S/C20H24ClNO4/c1-4-9-26-19-11-16(21)14(10-18(19)25-5-2)12-22-17-8-6-7-15(13(17)3)20(23)24/h6-8,10-11,22H,4-5,9,12H2,1-3H3,(H,23,24). The van der Waals surface area contributed by atoms with E-state index in [-0.39, 0.29) is 5.56 Å². The van der Waals surface area contributed by atoms with Crippen LogP contribution in [0.5, 0.6) is 11.5 Å². The lowest BCUT2D eigenvalue weighted by Crippen LogP contribution is -2.07. The molecule has 0 heterocycles. The normalized spacial score (nSPS) is 10.5. The molecule has 0 aliphatic heterocycles. The summed E-state index contributed by atoms with van der Waals surface area (Å²) in [5.41, 5.74) is 2.56. The zero-order valence-electron chi connectivity index (χ0n) is 15.3. The molecule has 2 aromatic rings. The molecule has 5 nitrogen and oxygen atoms in total. The fourth-order valence-corrected chi connectivity index (χ4v) is 2.78. The summed E-state index contributed by atoms with van der Waals surface area (Å²) in [6.45, 7) is 7.29. The van der Waals surface area contributed by atoms with Gasteiger partial charge in [-0.15, -0.1) is 0 Å². The SMILES string of the molecule is CCCOc1cc(Cl)c(CNc2cccc(C(=O)O)c2C)cc1OCC. The summed E-state index contributed by atoms with van der Waals surface area (Å²) in [6, 6.07) is 8.77. The van der Waals surface area contributed by atoms with Crippen molar-refractivity contribution in [3.63, 3.8) is 0 Å². The third-order valence-corrected chi connectivity index (χ3v) is 4.26. The number of ether oxygens (including phenoxy) is 2. The first-order valence-electron chi connectivity index (χ1n) is 8.62. The number of hydrogen-bond acceptors (Lipinski definition) is 4. The molecular formula is C20H24ClNO4. The Morgan fingerprint density at radius 3 is 2.58 bits per heavy atom. The molecule has 0 aliphatic carbocycles. The van der Waals surface area contributed by atoms with Gasteiger partial charge in [-0.1, -0.05) is 24.6 Å². The van der Waals surface area contributed by atoms with E-state index in [0.29, 0.717) is 41.8 Å². The van der Waals surface area contributed by atoms with Gasteiger partial charge in [-0.2, -0.15) is 0 Å². The number of anilines is 1. The maximum Gasteiger partial charge on any atom is 0.336 e. The van der Waals surface area contributed by atoms with E-state index in [4.69, 9.17) is 21.1 Å². The van der Waals surface area contributed by atoms with Crippen molar-refractivity contribution in [2.24, 2.45) is 0 Å². The number of aromatic carboxylic acids is 1. The Hall–Kier alpha value is -2.40. The number of carboxylic acids is 1. The third kappa shape index (κ3) is 4.82. The zero-order valence-corrected chi connectivity index (χ0v) is 16.0. The molecular weight excluding hydrogens is 354 g/mol. The van der Waals surface area contributed by atoms with E-state index in [0.717, 1.165) is 17.7 Å². The van der Waals surface area contributed by atoms with Gasteiger partial charge >= 0.3 is 5.97 Å². The van der Waals surface area contributed by atoms with Crippen LogP contribution in [0.3, 0.4) is 0 Å². The quantitative estimate of drug-likeness (QED) is 0.632. The number of nitrogens with one attached hydrogen (secondary N) is 1. The second-order valence-corrected chi connectivity index (χ2v) is 6.22. The highest BCUT2D eigenvalue weighted by atomic mass is 35.5. The predicted molar refractivity (Wildman–Crippen MR) is 104 cm³/mol. The van der Waals surface area contributed by atoms with Crippen LogP contribution in [0.25, 0.3) is 0 Å². The summed E-state index contributed by atoms with van der Waals surface area (Å²) in [5.74, 6) is 0.338. The predicted octanol–water partition coefficient (Wildman–Crippen LogP) is 5.15. The van der Waals surface area contributed by atoms with Gasteiger partial charge < -0.3 is 19.9 Å². The Morgan fingerprint density at radius 1 is 1.19 bits per heavy atom. The maximum atomic E-state index is 11.3. The van der Waals surface area contributed by atoms with Gasteiger partial charge in [0.2, 0.25) is 0 Å². The molecule has 0 fully saturated rings. The Labute approximate surface area is 158 Å². The highest BCUT2D eigenvalue weighted by Gasteiger charge is 2.13. The van der Waals surface area contributed by atoms with E-state index in [2.05, 4.69) is 5.32 Å². The van der Waals surface area contributed by atoms with Crippen molar-refractivity contribution in [3.8, 4) is 11.5 Å². The second kappa shape index (κ2) is 9.34. The lowest BCUT2D eigenvalue weighted by Gasteiger charge is -2.16. The highest BCUT2D eigenvalue weighted by Crippen LogP contribution is 2.34. The average molecular weight is 378 g/mol. The molecule has 0 unspecified atom stereocenters. The van der Waals surface area contributed by atoms with Crippen molar-refractivity contribution in [1.82, 2.24) is 0 Å². The van der Waals surface area contributed by atoms with Crippen molar-refractivity contribution >= 4 is 23.3 Å². The van der Waals surface area contributed by atoms with Gasteiger partial charge in [-0.25, -0.2) is 4.79 Å². The second-order valence-electron chi connectivity index (χ2n) is 5.81. The van der Waals surface area contributed by atoms with Gasteiger partial charge in [0.25, 0.3) is 0 Å². The monoisotopic (exact) mass is 377 g/mol. The van der Waals surface area contributed by atoms with Crippen LogP contribution in [-0.4, -0.2) is 24.3 Å². The number of hydrogen-bond donors (Lipinski definition) is 2. The van der Waals surface area contributed by atoms with Crippen LogP contribution < -0.4 is 14.8 Å². The average Bonchev–Trinajstić information content (AvgIpc) is 2.61. The summed E-state index contributed by atoms with van der Waals surface area (Å²) in [5, 5.41) is 13.1. The lowest BCUT2D eigenvalue weighted by molar-refractivity contribution is 0.0696. The van der Waals surface area contributed by atoms with Crippen LogP contribution in [0.4, 0.5) is 5.69 Å². The number of benzene rings is 2. The minimum Gasteiger partial charge on any atom is -0.490 e. The molecule has 0 spiro atoms. The van der Waals surface area contributed by atoms with Crippen molar-refractivity contribution in [1.29, 1.82) is 0 Å². The van der Waals surface area contributed by atoms with E-state index in [1.165, 1.54) is 0 Å². The molecule has 0 aromatic heterocycles. The first kappa shape index (κ1) is 19.9. The summed E-state index contributed by atoms with van der Waals surface area (Å²) in [7, 11) is 0. The van der Waals surface area contributed by atoms with Crippen LogP contribution in [0.2, 0.25) is 5.02 Å². The molecule has 140 valence electrons. The summed E-state index contributed by atoms with van der Waals surface area (Å²) < 4.78 is 11.4. The molecule has 0 amide bonds. The van der Waals surface area contributed by atoms with Gasteiger partial charge in [-0.05, 0) is 49.6 Å². The minimum atomic E-state index is -0.944. The van der Waals surface area contributed by atoms with E-state index < -0.39 is 5.97 Å². The number of halogens is 1. The number of rotatable bonds is 9. The van der Waals surface area contributed by atoms with E-state index in [9.17, 15) is 9.90 Å². The molecule has 0 aliphatic rings. The molecule has 0 atom stereocenters. The van der Waals surface area contributed by atoms with Crippen molar-refractivity contribution in [2.45, 2.75) is 33.7 Å². The summed E-state index contributed by atoms with van der Waals surface area (Å²) in [4.78, 5) is 11.3. The highest BCUT2D eigenvalue weighted by molar-refractivity contribution is 6.31. The molecule has 2 rings (SSSR count).